The average Bonchev–Trinajstić information content (AvgIpc) is 2.01. The third kappa shape index (κ3) is 1.61. The zero-order valence-corrected chi connectivity index (χ0v) is 6.80. The van der Waals surface area contributed by atoms with Crippen LogP contribution in [0.25, 0.3) is 0 Å². The number of anilines is 1. The van der Waals surface area contributed by atoms with E-state index in [0.29, 0.717) is 23.1 Å². The van der Waals surface area contributed by atoms with Crippen molar-refractivity contribution in [2.75, 3.05) is 5.73 Å². The van der Waals surface area contributed by atoms with Gasteiger partial charge in [-0.3, -0.25) is 0 Å². The quantitative estimate of drug-likeness (QED) is 0.535. The number of carbonyl (C=O) groups is 1. The summed E-state index contributed by atoms with van der Waals surface area (Å²) in [7, 11) is 0. The number of aldehydes is 1. The Labute approximate surface area is 70.2 Å². The van der Waals surface area contributed by atoms with E-state index in [1.807, 2.05) is 0 Å². The maximum Gasteiger partial charge on any atom is 0.127 e. The number of benzene rings is 1. The second-order valence-electron chi connectivity index (χ2n) is 2.67. The first-order valence-electron chi connectivity index (χ1n) is 3.63. The molecule has 64 valence electrons. The van der Waals surface area contributed by atoms with Crippen LogP contribution in [0.2, 0.25) is 0 Å². The molecular formula is C9H10FNO. The van der Waals surface area contributed by atoms with Crippen molar-refractivity contribution >= 4 is 12.0 Å². The van der Waals surface area contributed by atoms with E-state index < -0.39 is 0 Å². The normalized spacial score (nSPS) is 9.83. The van der Waals surface area contributed by atoms with Crippen LogP contribution in [0.4, 0.5) is 10.1 Å². The molecule has 3 heteroatoms. The Balaban J connectivity index is 3.13. The SMILES string of the molecule is Cc1cc(F)c(CC=O)cc1N. The maximum absolute atomic E-state index is 13.0. The van der Waals surface area contributed by atoms with Crippen molar-refractivity contribution in [3.8, 4) is 0 Å². The maximum atomic E-state index is 13.0. The van der Waals surface area contributed by atoms with Gasteiger partial charge in [-0.05, 0) is 30.2 Å². The second kappa shape index (κ2) is 3.34. The lowest BCUT2D eigenvalue weighted by molar-refractivity contribution is -0.107. The fourth-order valence-corrected chi connectivity index (χ4v) is 0.983. The summed E-state index contributed by atoms with van der Waals surface area (Å²) in [5.74, 6) is -0.367. The van der Waals surface area contributed by atoms with Gasteiger partial charge in [0.1, 0.15) is 12.1 Å². The zero-order valence-electron chi connectivity index (χ0n) is 6.80. The van der Waals surface area contributed by atoms with Crippen LogP contribution in [-0.2, 0) is 11.2 Å². The molecule has 0 radical (unpaired) electrons. The number of carbonyl (C=O) groups excluding carboxylic acids is 1. The molecule has 0 amide bonds. The minimum absolute atomic E-state index is 0.0797. The topological polar surface area (TPSA) is 43.1 Å². The van der Waals surface area contributed by atoms with Crippen LogP contribution in [0.5, 0.6) is 0 Å². The lowest BCUT2D eigenvalue weighted by Gasteiger charge is -2.03. The Morgan fingerprint density at radius 2 is 2.25 bits per heavy atom. The largest absolute Gasteiger partial charge is 0.399 e. The molecule has 0 heterocycles. The minimum Gasteiger partial charge on any atom is -0.399 e. The molecule has 0 aliphatic rings. The Hall–Kier alpha value is -1.38. The van der Waals surface area contributed by atoms with E-state index in [1.165, 1.54) is 12.1 Å². The number of aryl methyl sites for hydroxylation is 1. The summed E-state index contributed by atoms with van der Waals surface area (Å²) in [6.45, 7) is 1.73. The fraction of sp³-hybridized carbons (Fsp3) is 0.222. The number of rotatable bonds is 2. The first-order chi connectivity index (χ1) is 5.65. The molecule has 0 unspecified atom stereocenters. The summed E-state index contributed by atoms with van der Waals surface area (Å²) >= 11 is 0. The lowest BCUT2D eigenvalue weighted by Crippen LogP contribution is -1.97. The van der Waals surface area contributed by atoms with Crippen molar-refractivity contribution in [2.24, 2.45) is 0 Å². The third-order valence-electron chi connectivity index (χ3n) is 1.74. The van der Waals surface area contributed by atoms with Gasteiger partial charge in [0.2, 0.25) is 0 Å². The third-order valence-corrected chi connectivity index (χ3v) is 1.74. The Kier molecular flexibility index (Phi) is 2.43. The van der Waals surface area contributed by atoms with E-state index in [4.69, 9.17) is 5.73 Å². The van der Waals surface area contributed by atoms with Gasteiger partial charge in [-0.15, -0.1) is 0 Å². The van der Waals surface area contributed by atoms with Gasteiger partial charge >= 0.3 is 0 Å². The molecule has 0 aliphatic heterocycles. The van der Waals surface area contributed by atoms with Crippen LogP contribution < -0.4 is 5.73 Å². The molecule has 0 spiro atoms. The first-order valence-corrected chi connectivity index (χ1v) is 3.63. The number of nitrogen functional groups attached to an aromatic ring is 1. The average molecular weight is 167 g/mol. The van der Waals surface area contributed by atoms with Crippen LogP contribution in [0.1, 0.15) is 11.1 Å². The first kappa shape index (κ1) is 8.71. The Bertz CT molecular complexity index is 310. The summed E-state index contributed by atoms with van der Waals surface area (Å²) in [6, 6.07) is 2.84. The molecular weight excluding hydrogens is 157 g/mol. The summed E-state index contributed by atoms with van der Waals surface area (Å²) in [6.07, 6.45) is 0.740. The number of hydrogen-bond acceptors (Lipinski definition) is 2. The monoisotopic (exact) mass is 167 g/mol. The minimum atomic E-state index is -0.367. The molecule has 1 rings (SSSR count). The van der Waals surface area contributed by atoms with E-state index in [2.05, 4.69) is 0 Å². The van der Waals surface area contributed by atoms with Crippen molar-refractivity contribution in [3.63, 3.8) is 0 Å². The predicted molar refractivity (Wildman–Crippen MR) is 45.3 cm³/mol. The van der Waals surface area contributed by atoms with Crippen LogP contribution in [0.3, 0.4) is 0 Å². The molecule has 2 nitrogen and oxygen atoms in total. The van der Waals surface area contributed by atoms with Crippen LogP contribution in [0, 0.1) is 12.7 Å². The molecule has 0 fully saturated rings. The highest BCUT2D eigenvalue weighted by molar-refractivity contribution is 5.58. The smallest absolute Gasteiger partial charge is 0.127 e. The molecule has 12 heavy (non-hydrogen) atoms. The van der Waals surface area contributed by atoms with Gasteiger partial charge in [0.05, 0.1) is 0 Å². The van der Waals surface area contributed by atoms with Gasteiger partial charge in [0.25, 0.3) is 0 Å². The molecule has 0 bridgehead atoms. The molecule has 1 aromatic carbocycles. The summed E-state index contributed by atoms with van der Waals surface area (Å²) in [4.78, 5) is 10.1. The Morgan fingerprint density at radius 1 is 1.58 bits per heavy atom. The van der Waals surface area contributed by atoms with Crippen molar-refractivity contribution in [2.45, 2.75) is 13.3 Å². The number of nitrogens with two attached hydrogens (primary N) is 1. The summed E-state index contributed by atoms with van der Waals surface area (Å²) < 4.78 is 13.0. The highest BCUT2D eigenvalue weighted by Crippen LogP contribution is 2.16. The van der Waals surface area contributed by atoms with Gasteiger partial charge < -0.3 is 10.5 Å². The van der Waals surface area contributed by atoms with E-state index >= 15 is 0 Å². The zero-order chi connectivity index (χ0) is 9.14. The van der Waals surface area contributed by atoms with E-state index in [-0.39, 0.29) is 12.2 Å². The highest BCUT2D eigenvalue weighted by Gasteiger charge is 2.03. The molecule has 0 aromatic heterocycles. The van der Waals surface area contributed by atoms with E-state index in [9.17, 15) is 9.18 Å². The van der Waals surface area contributed by atoms with E-state index in [1.54, 1.807) is 6.92 Å². The molecule has 2 N–H and O–H groups in total. The van der Waals surface area contributed by atoms with Crippen molar-refractivity contribution in [1.29, 1.82) is 0 Å². The predicted octanol–water partition coefficient (Wildman–Crippen LogP) is 1.46. The van der Waals surface area contributed by atoms with Crippen LogP contribution in [-0.4, -0.2) is 6.29 Å². The van der Waals surface area contributed by atoms with Crippen LogP contribution in [0.15, 0.2) is 12.1 Å². The van der Waals surface area contributed by atoms with Crippen molar-refractivity contribution in [1.82, 2.24) is 0 Å². The summed E-state index contributed by atoms with van der Waals surface area (Å²) in [5.41, 5.74) is 7.11. The standard InChI is InChI=1S/C9H10FNO/c1-6-4-8(10)7(2-3-12)5-9(6)11/h3-5H,2,11H2,1H3. The van der Waals surface area contributed by atoms with Gasteiger partial charge in [-0.25, -0.2) is 4.39 Å². The van der Waals surface area contributed by atoms with Gasteiger partial charge in [-0.1, -0.05) is 0 Å². The number of halogens is 1. The van der Waals surface area contributed by atoms with Gasteiger partial charge in [0, 0.05) is 12.1 Å². The fourth-order valence-electron chi connectivity index (χ4n) is 0.983. The van der Waals surface area contributed by atoms with Crippen LogP contribution >= 0.6 is 0 Å². The van der Waals surface area contributed by atoms with Gasteiger partial charge in [-0.2, -0.15) is 0 Å². The van der Waals surface area contributed by atoms with E-state index in [0.717, 1.165) is 0 Å². The molecule has 1 aromatic rings. The lowest BCUT2D eigenvalue weighted by atomic mass is 10.1. The van der Waals surface area contributed by atoms with Gasteiger partial charge in [0.15, 0.2) is 0 Å². The molecule has 0 atom stereocenters. The molecule has 0 saturated carbocycles. The molecule has 0 aliphatic carbocycles. The summed E-state index contributed by atoms with van der Waals surface area (Å²) in [5, 5.41) is 0. The van der Waals surface area contributed by atoms with Crippen molar-refractivity contribution < 1.29 is 9.18 Å². The molecule has 0 saturated heterocycles. The second-order valence-corrected chi connectivity index (χ2v) is 2.67. The number of hydrogen-bond donors (Lipinski definition) is 1. The van der Waals surface area contributed by atoms with Crippen molar-refractivity contribution in [3.05, 3.63) is 29.1 Å². The highest BCUT2D eigenvalue weighted by atomic mass is 19.1. The Morgan fingerprint density at radius 3 is 2.83 bits per heavy atom.